The van der Waals surface area contributed by atoms with Crippen molar-refractivity contribution >= 4 is 52.3 Å². The summed E-state index contributed by atoms with van der Waals surface area (Å²) in [5, 5.41) is 33.9. The lowest BCUT2D eigenvalue weighted by molar-refractivity contribution is -0.144. The van der Waals surface area contributed by atoms with Gasteiger partial charge in [-0.25, -0.2) is 4.98 Å². The van der Waals surface area contributed by atoms with E-state index < -0.39 is 60.0 Å². The van der Waals surface area contributed by atoms with E-state index in [4.69, 9.17) is 30.6 Å². The minimum atomic E-state index is -1.04. The molecule has 4 amide bonds. The molecule has 1 aliphatic carbocycles. The topological polar surface area (TPSA) is 241 Å². The van der Waals surface area contributed by atoms with Crippen molar-refractivity contribution in [3.63, 3.8) is 0 Å². The number of benzene rings is 2. The normalized spacial score (nSPS) is 20.1. The lowest BCUT2D eigenvalue weighted by Crippen LogP contribution is -2.58. The first-order chi connectivity index (χ1) is 34.8. The van der Waals surface area contributed by atoms with E-state index >= 15 is 0 Å². The number of fused-ring (bicyclic) bond motifs is 3. The van der Waals surface area contributed by atoms with Gasteiger partial charge in [0, 0.05) is 64.5 Å². The van der Waals surface area contributed by atoms with Crippen molar-refractivity contribution in [2.75, 3.05) is 13.2 Å². The fourth-order valence-corrected chi connectivity index (χ4v) is 10.6. The largest absolute Gasteiger partial charge is 0.482 e. The number of aliphatic hydroxyl groups excluding tert-OH is 1. The number of pyridine rings is 1. The smallest absolute Gasteiger partial charge is 0.258 e. The number of likely N-dealkylation sites (tertiary alicyclic amines) is 1. The van der Waals surface area contributed by atoms with Gasteiger partial charge in [-0.3, -0.25) is 28.7 Å². The van der Waals surface area contributed by atoms with Crippen molar-refractivity contribution in [1.82, 2.24) is 50.7 Å². The Balaban J connectivity index is 0.749. The van der Waals surface area contributed by atoms with Gasteiger partial charge in [-0.1, -0.05) is 61.8 Å². The highest BCUT2D eigenvalue weighted by Gasteiger charge is 2.45. The van der Waals surface area contributed by atoms with Crippen LogP contribution in [0.15, 0.2) is 76.4 Å². The molecule has 382 valence electrons. The van der Waals surface area contributed by atoms with Crippen molar-refractivity contribution < 1.29 is 38.3 Å². The SMILES string of the molecule is Cc1noc(-c2ccc([C@H](C)NC(=O)[C@@H]3C[C@@H](O)CN3C(=O)C(NC(=O)COc3ccc(O[C@H]4C[C@@H](NC(=O)C[C@@H]5N=C(c6ccc(Cl)cc6)c6c(sc(C)c6C)-n6c(C)nnc65)C4)nc3)C(C)(C)C)cc2)n1. The van der Waals surface area contributed by atoms with E-state index in [-0.39, 0.29) is 37.4 Å². The van der Waals surface area contributed by atoms with Gasteiger partial charge in [0.25, 0.3) is 11.8 Å². The number of carbonyl (C=O) groups excluding carboxylic acids is 4. The number of aryl methyl sites for hydroxylation is 3. The number of rotatable bonds is 15. The van der Waals surface area contributed by atoms with Crippen LogP contribution in [0.2, 0.25) is 5.02 Å². The van der Waals surface area contributed by atoms with Crippen LogP contribution in [0.1, 0.15) is 110 Å². The molecule has 5 atom stereocenters. The Morgan fingerprint density at radius 2 is 1.66 bits per heavy atom. The number of halogens is 1. The lowest BCUT2D eigenvalue weighted by Gasteiger charge is -2.35. The van der Waals surface area contributed by atoms with Gasteiger partial charge in [-0.05, 0) is 81.5 Å². The minimum absolute atomic E-state index is 0.0469. The van der Waals surface area contributed by atoms with E-state index in [0.717, 1.165) is 43.4 Å². The first-order valence-electron chi connectivity index (χ1n) is 24.2. The number of aromatic nitrogens is 6. The molecule has 19 nitrogen and oxygen atoms in total. The predicted molar refractivity (Wildman–Crippen MR) is 272 cm³/mol. The molecule has 2 fully saturated rings. The summed E-state index contributed by atoms with van der Waals surface area (Å²) >= 11 is 7.92. The third kappa shape index (κ3) is 11.2. The number of hydrogen-bond acceptors (Lipinski definition) is 15. The van der Waals surface area contributed by atoms with Crippen molar-refractivity contribution in [2.24, 2.45) is 10.4 Å². The number of carbonyl (C=O) groups is 4. The molecule has 1 unspecified atom stereocenters. The Hall–Kier alpha value is -7.03. The van der Waals surface area contributed by atoms with E-state index in [1.807, 2.05) is 87.7 Å². The second kappa shape index (κ2) is 20.8. The number of amides is 4. The Labute approximate surface area is 431 Å². The zero-order valence-corrected chi connectivity index (χ0v) is 43.4. The number of thiophene rings is 1. The van der Waals surface area contributed by atoms with Gasteiger partial charge in [-0.2, -0.15) is 4.98 Å². The molecule has 0 bridgehead atoms. The van der Waals surface area contributed by atoms with Gasteiger partial charge in [-0.15, -0.1) is 21.5 Å². The first kappa shape index (κ1) is 50.9. The maximum absolute atomic E-state index is 14.2. The fraction of sp³-hybridized carbons (Fsp3) is 0.423. The molecule has 2 aliphatic heterocycles. The highest BCUT2D eigenvalue weighted by molar-refractivity contribution is 7.15. The van der Waals surface area contributed by atoms with Crippen LogP contribution < -0.4 is 25.4 Å². The average Bonchev–Trinajstić information content (AvgIpc) is 4.11. The van der Waals surface area contributed by atoms with E-state index in [1.165, 1.54) is 11.1 Å². The average molecular weight is 1030 g/mol. The third-order valence-electron chi connectivity index (χ3n) is 13.4. The summed E-state index contributed by atoms with van der Waals surface area (Å²) in [6.45, 7) is 14.6. The van der Waals surface area contributed by atoms with Gasteiger partial charge >= 0.3 is 0 Å². The molecule has 4 aromatic heterocycles. The van der Waals surface area contributed by atoms with Gasteiger partial charge in [0.2, 0.25) is 23.6 Å². The van der Waals surface area contributed by atoms with Crippen LogP contribution in [0, 0.1) is 33.1 Å². The molecule has 1 saturated heterocycles. The van der Waals surface area contributed by atoms with Crippen LogP contribution in [0.5, 0.6) is 11.6 Å². The second-order valence-electron chi connectivity index (χ2n) is 20.0. The van der Waals surface area contributed by atoms with Crippen molar-refractivity contribution in [3.8, 4) is 28.1 Å². The maximum Gasteiger partial charge on any atom is 0.258 e. The van der Waals surface area contributed by atoms with E-state index in [2.05, 4.69) is 55.1 Å². The van der Waals surface area contributed by atoms with Crippen LogP contribution >= 0.6 is 22.9 Å². The fourth-order valence-electron chi connectivity index (χ4n) is 9.26. The Morgan fingerprint density at radius 1 is 0.932 bits per heavy atom. The van der Waals surface area contributed by atoms with Crippen LogP contribution in [0.3, 0.4) is 0 Å². The van der Waals surface area contributed by atoms with Crippen molar-refractivity contribution in [1.29, 1.82) is 0 Å². The molecule has 2 aromatic carbocycles. The van der Waals surface area contributed by atoms with Crippen molar-refractivity contribution in [2.45, 2.75) is 123 Å². The summed E-state index contributed by atoms with van der Waals surface area (Å²) < 4.78 is 19.1. The van der Waals surface area contributed by atoms with E-state index in [0.29, 0.717) is 52.9 Å². The van der Waals surface area contributed by atoms with Gasteiger partial charge in [0.15, 0.2) is 18.3 Å². The summed E-state index contributed by atoms with van der Waals surface area (Å²) in [5.74, 6) is 1.25. The zero-order valence-electron chi connectivity index (χ0n) is 41.8. The molecule has 6 heterocycles. The molecule has 0 radical (unpaired) electrons. The first-order valence-corrected chi connectivity index (χ1v) is 25.4. The van der Waals surface area contributed by atoms with Crippen LogP contribution in [0.25, 0.3) is 16.5 Å². The highest BCUT2D eigenvalue weighted by atomic mass is 35.5. The van der Waals surface area contributed by atoms with Crippen LogP contribution in [-0.4, -0.2) is 113 Å². The minimum Gasteiger partial charge on any atom is -0.482 e. The number of aliphatic imine (C=N–C) groups is 1. The number of nitrogens with one attached hydrogen (secondary N) is 3. The van der Waals surface area contributed by atoms with Gasteiger partial charge < -0.3 is 40.0 Å². The standard InChI is InChI=1S/C52H58ClN11O8S/c1-26-28(3)73-51-44(26)45(32-13-15-34(53)16-14-32)58-39(47-61-60-30(5)64(47)51)22-41(66)57-35-19-38(20-35)71-43-18-17-37(23-54-43)70-25-42(67)59-46(52(6,7)8)50(69)63-24-36(65)21-40(63)48(68)55-27(2)31-9-11-33(12-10-31)49-56-29(4)62-72-49/h9-18,23,27,35-36,38-40,46,65H,19-22,24-25H2,1-8H3,(H,55,68)(H,57,66)(H,59,67)/t27-,35-,36+,38+,39-,40-,46?/m0/s1. The van der Waals surface area contributed by atoms with Gasteiger partial charge in [0.05, 0.1) is 30.5 Å². The quantitative estimate of drug-likeness (QED) is 0.0870. The zero-order chi connectivity index (χ0) is 51.9. The lowest BCUT2D eigenvalue weighted by atomic mass is 9.85. The molecule has 6 aromatic rings. The summed E-state index contributed by atoms with van der Waals surface area (Å²) in [6, 6.07) is 15.1. The highest BCUT2D eigenvalue weighted by Crippen LogP contribution is 2.40. The monoisotopic (exact) mass is 1030 g/mol. The predicted octanol–water partition coefficient (Wildman–Crippen LogP) is 6.42. The Kier molecular flexibility index (Phi) is 14.5. The molecule has 21 heteroatoms. The maximum atomic E-state index is 14.2. The third-order valence-corrected chi connectivity index (χ3v) is 14.8. The molecule has 1 saturated carbocycles. The molecule has 4 N–H and O–H groups in total. The van der Waals surface area contributed by atoms with Crippen LogP contribution in [0.4, 0.5) is 0 Å². The van der Waals surface area contributed by atoms with Crippen LogP contribution in [-0.2, 0) is 19.2 Å². The van der Waals surface area contributed by atoms with Crippen molar-refractivity contribution in [3.05, 3.63) is 116 Å². The van der Waals surface area contributed by atoms with E-state index in [9.17, 15) is 24.3 Å². The summed E-state index contributed by atoms with van der Waals surface area (Å²) in [5.41, 5.74) is 4.56. The number of hydrogen-bond donors (Lipinski definition) is 4. The number of β-amino-alcohol motifs (C(OH)–C–C–N with tert-alkyl or cyclic N) is 1. The molecule has 0 spiro atoms. The summed E-state index contributed by atoms with van der Waals surface area (Å²) in [4.78, 5) is 71.2. The summed E-state index contributed by atoms with van der Waals surface area (Å²) in [6.07, 6.45) is 1.61. The number of aliphatic hydroxyl groups is 1. The summed E-state index contributed by atoms with van der Waals surface area (Å²) in [7, 11) is 0. The van der Waals surface area contributed by atoms with E-state index in [1.54, 1.807) is 30.4 Å². The number of nitrogens with zero attached hydrogens (tertiary/aromatic N) is 8. The molecule has 3 aliphatic rings. The molecular weight excluding hydrogens is 974 g/mol. The van der Waals surface area contributed by atoms with Gasteiger partial charge in [0.1, 0.15) is 40.8 Å². The Morgan fingerprint density at radius 3 is 2.33 bits per heavy atom. The molecule has 73 heavy (non-hydrogen) atoms. The number of ether oxygens (including phenoxy) is 2. The Bertz CT molecular complexity index is 3050. The molecular formula is C52H58ClN11O8S. The molecule has 9 rings (SSSR count). The second-order valence-corrected chi connectivity index (χ2v) is 21.6.